The summed E-state index contributed by atoms with van der Waals surface area (Å²) in [6.45, 7) is 1.67. The van der Waals surface area contributed by atoms with Crippen LogP contribution in [0.4, 0.5) is 0 Å². The van der Waals surface area contributed by atoms with E-state index in [0.29, 0.717) is 11.8 Å². The normalized spacial score (nSPS) is 27.6. The van der Waals surface area contributed by atoms with Crippen LogP contribution in [-0.4, -0.2) is 32.8 Å². The van der Waals surface area contributed by atoms with Crippen LogP contribution in [0.3, 0.4) is 0 Å². The Kier molecular flexibility index (Phi) is 3.17. The smallest absolute Gasteiger partial charge is 0.214 e. The van der Waals surface area contributed by atoms with Crippen molar-refractivity contribution in [3.63, 3.8) is 0 Å². The molecule has 0 aromatic rings. The van der Waals surface area contributed by atoms with Gasteiger partial charge in [-0.3, -0.25) is 0 Å². The summed E-state index contributed by atoms with van der Waals surface area (Å²) < 4.78 is 27.7. The first kappa shape index (κ1) is 11.9. The highest BCUT2D eigenvalue weighted by Crippen LogP contribution is 2.45. The van der Waals surface area contributed by atoms with Gasteiger partial charge in [0.1, 0.15) is 0 Å². The Labute approximate surface area is 104 Å². The fourth-order valence-corrected chi connectivity index (χ4v) is 4.69. The molecule has 0 spiro atoms. The molecule has 0 radical (unpaired) electrons. The topological polar surface area (TPSA) is 58.2 Å². The van der Waals surface area contributed by atoms with Gasteiger partial charge in [-0.2, -0.15) is 0 Å². The van der Waals surface area contributed by atoms with Crippen molar-refractivity contribution in [2.75, 3.05) is 13.1 Å². The molecule has 0 atom stereocenters. The Morgan fingerprint density at radius 3 is 1.94 bits per heavy atom. The molecule has 3 aliphatic rings. The maximum Gasteiger partial charge on any atom is 0.214 e. The first-order valence-corrected chi connectivity index (χ1v) is 8.43. The molecular formula is C12H22N2O2S. The van der Waals surface area contributed by atoms with E-state index in [2.05, 4.69) is 10.0 Å². The Morgan fingerprint density at radius 2 is 1.47 bits per heavy atom. The summed E-state index contributed by atoms with van der Waals surface area (Å²) in [6.07, 6.45) is 6.40. The Morgan fingerprint density at radius 1 is 0.941 bits per heavy atom. The van der Waals surface area contributed by atoms with E-state index in [0.717, 1.165) is 25.9 Å². The molecule has 1 aliphatic heterocycles. The van der Waals surface area contributed by atoms with E-state index in [-0.39, 0.29) is 11.3 Å². The molecule has 0 aromatic heterocycles. The minimum absolute atomic E-state index is 0.163. The maximum absolute atomic E-state index is 12.3. The van der Waals surface area contributed by atoms with Crippen LogP contribution in [0.25, 0.3) is 0 Å². The minimum Gasteiger partial charge on any atom is -0.317 e. The second-order valence-corrected chi connectivity index (χ2v) is 7.81. The van der Waals surface area contributed by atoms with Gasteiger partial charge in [-0.25, -0.2) is 13.1 Å². The van der Waals surface area contributed by atoms with Gasteiger partial charge in [0, 0.05) is 6.04 Å². The molecule has 2 N–H and O–H groups in total. The lowest BCUT2D eigenvalue weighted by Crippen LogP contribution is -2.46. The van der Waals surface area contributed by atoms with Crippen LogP contribution in [0, 0.1) is 11.8 Å². The molecule has 2 saturated carbocycles. The number of nitrogens with one attached hydrogen (secondary N) is 2. The van der Waals surface area contributed by atoms with Crippen LogP contribution in [0.15, 0.2) is 0 Å². The lowest BCUT2D eigenvalue weighted by molar-refractivity contribution is 0.448. The second-order valence-electron chi connectivity index (χ2n) is 5.81. The van der Waals surface area contributed by atoms with E-state index >= 15 is 0 Å². The molecule has 4 nitrogen and oxygen atoms in total. The van der Waals surface area contributed by atoms with Crippen molar-refractivity contribution in [2.45, 2.75) is 49.8 Å². The third-order valence-electron chi connectivity index (χ3n) is 4.29. The molecule has 1 heterocycles. The molecule has 0 bridgehead atoms. The Hall–Kier alpha value is -0.130. The summed E-state index contributed by atoms with van der Waals surface area (Å²) in [7, 11) is -3.08. The molecular weight excluding hydrogens is 236 g/mol. The zero-order chi connectivity index (χ0) is 11.9. The summed E-state index contributed by atoms with van der Waals surface area (Å²) >= 11 is 0. The van der Waals surface area contributed by atoms with E-state index in [1.807, 2.05) is 0 Å². The largest absolute Gasteiger partial charge is 0.317 e. The van der Waals surface area contributed by atoms with Crippen LogP contribution in [0.5, 0.6) is 0 Å². The number of hydrogen-bond acceptors (Lipinski definition) is 3. The first-order valence-electron chi connectivity index (χ1n) is 6.89. The number of hydrogen-bond donors (Lipinski definition) is 2. The highest BCUT2D eigenvalue weighted by atomic mass is 32.2. The van der Waals surface area contributed by atoms with Crippen molar-refractivity contribution in [3.8, 4) is 0 Å². The Bertz CT molecular complexity index is 356. The quantitative estimate of drug-likeness (QED) is 0.768. The SMILES string of the molecule is O=S(=O)(NC(C1CC1)C1CC1)C1CCNCC1. The molecule has 98 valence electrons. The average molecular weight is 258 g/mol. The monoisotopic (exact) mass is 258 g/mol. The van der Waals surface area contributed by atoms with E-state index in [1.165, 1.54) is 25.7 Å². The van der Waals surface area contributed by atoms with Crippen LogP contribution >= 0.6 is 0 Å². The van der Waals surface area contributed by atoms with Gasteiger partial charge >= 0.3 is 0 Å². The van der Waals surface area contributed by atoms with Gasteiger partial charge in [-0.15, -0.1) is 0 Å². The van der Waals surface area contributed by atoms with Crippen molar-refractivity contribution in [2.24, 2.45) is 11.8 Å². The third kappa shape index (κ3) is 2.83. The summed E-state index contributed by atoms with van der Waals surface area (Å²) in [4.78, 5) is 0. The van der Waals surface area contributed by atoms with Crippen molar-refractivity contribution >= 4 is 10.0 Å². The number of piperidine rings is 1. The predicted molar refractivity (Wildman–Crippen MR) is 67.2 cm³/mol. The standard InChI is InChI=1S/C12H22N2O2S/c15-17(16,11-5-7-13-8-6-11)14-12(9-1-2-9)10-3-4-10/h9-14H,1-8H2. The van der Waals surface area contributed by atoms with Crippen LogP contribution in [-0.2, 0) is 10.0 Å². The van der Waals surface area contributed by atoms with Gasteiger partial charge in [-0.1, -0.05) is 0 Å². The molecule has 1 saturated heterocycles. The molecule has 0 amide bonds. The van der Waals surface area contributed by atoms with Gasteiger partial charge in [0.2, 0.25) is 10.0 Å². The van der Waals surface area contributed by atoms with Crippen LogP contribution < -0.4 is 10.0 Å². The molecule has 2 aliphatic carbocycles. The molecule has 5 heteroatoms. The summed E-state index contributed by atoms with van der Waals surface area (Å²) in [5.74, 6) is 1.28. The summed E-state index contributed by atoms with van der Waals surface area (Å²) in [5.41, 5.74) is 0. The molecule has 3 rings (SSSR count). The highest BCUT2D eigenvalue weighted by molar-refractivity contribution is 7.90. The fourth-order valence-electron chi connectivity index (χ4n) is 2.88. The lowest BCUT2D eigenvalue weighted by atomic mass is 10.1. The molecule has 0 aromatic carbocycles. The zero-order valence-corrected chi connectivity index (χ0v) is 11.0. The summed E-state index contributed by atoms with van der Waals surface area (Å²) in [5, 5.41) is 3.05. The Balaban J connectivity index is 1.64. The van der Waals surface area contributed by atoms with Gasteiger partial charge in [-0.05, 0) is 63.5 Å². The van der Waals surface area contributed by atoms with Gasteiger partial charge in [0.25, 0.3) is 0 Å². The van der Waals surface area contributed by atoms with Crippen LogP contribution in [0.2, 0.25) is 0 Å². The second kappa shape index (κ2) is 4.52. The van der Waals surface area contributed by atoms with Gasteiger partial charge in [0.15, 0.2) is 0 Å². The molecule has 3 fully saturated rings. The van der Waals surface area contributed by atoms with E-state index in [1.54, 1.807) is 0 Å². The van der Waals surface area contributed by atoms with Crippen molar-refractivity contribution < 1.29 is 8.42 Å². The van der Waals surface area contributed by atoms with E-state index in [9.17, 15) is 8.42 Å². The third-order valence-corrected chi connectivity index (χ3v) is 6.23. The van der Waals surface area contributed by atoms with Gasteiger partial charge in [0.05, 0.1) is 5.25 Å². The van der Waals surface area contributed by atoms with Crippen molar-refractivity contribution in [1.29, 1.82) is 0 Å². The van der Waals surface area contributed by atoms with Crippen molar-refractivity contribution in [3.05, 3.63) is 0 Å². The van der Waals surface area contributed by atoms with Gasteiger partial charge < -0.3 is 5.32 Å². The predicted octanol–water partition coefficient (Wildman–Crippen LogP) is 0.846. The summed E-state index contributed by atoms with van der Waals surface area (Å²) in [6, 6.07) is 0.259. The molecule has 0 unspecified atom stereocenters. The van der Waals surface area contributed by atoms with E-state index in [4.69, 9.17) is 0 Å². The average Bonchev–Trinajstić information content (AvgIpc) is 3.18. The first-order chi connectivity index (χ1) is 8.17. The lowest BCUT2D eigenvalue weighted by Gasteiger charge is -2.26. The van der Waals surface area contributed by atoms with E-state index < -0.39 is 10.0 Å². The number of sulfonamides is 1. The highest BCUT2D eigenvalue weighted by Gasteiger charge is 2.44. The fraction of sp³-hybridized carbons (Fsp3) is 1.00. The molecule has 17 heavy (non-hydrogen) atoms. The minimum atomic E-state index is -3.08. The zero-order valence-electron chi connectivity index (χ0n) is 10.2. The van der Waals surface area contributed by atoms with Crippen molar-refractivity contribution in [1.82, 2.24) is 10.0 Å². The number of rotatable bonds is 5. The van der Waals surface area contributed by atoms with Crippen LogP contribution in [0.1, 0.15) is 38.5 Å². The maximum atomic E-state index is 12.3.